The maximum atomic E-state index is 3.73. The first-order valence-electron chi connectivity index (χ1n) is 7.17. The van der Waals surface area contributed by atoms with Crippen LogP contribution in [-0.2, 0) is 0 Å². The van der Waals surface area contributed by atoms with Crippen LogP contribution in [0.3, 0.4) is 0 Å². The zero-order chi connectivity index (χ0) is 11.9. The lowest BCUT2D eigenvalue weighted by atomic mass is 10.1. The molecule has 0 nitrogen and oxygen atoms in total. The van der Waals surface area contributed by atoms with Crippen molar-refractivity contribution in [3.8, 4) is 0 Å². The largest absolute Gasteiger partial charge is 0.103 e. The zero-order valence-electron chi connectivity index (χ0n) is 11.2. The predicted molar refractivity (Wildman–Crippen MR) is 75.8 cm³/mol. The standard InChI is InChI=1S/C16H30/c1-3-5-7-9-11-13-15-16-14-12-10-8-6-4-2/h3,11,13H,1,4-10,12,14-16H2,2H3. The number of hydrogen-bond donors (Lipinski definition) is 0. The summed E-state index contributed by atoms with van der Waals surface area (Å²) in [6.07, 6.45) is 21.5. The van der Waals surface area contributed by atoms with Gasteiger partial charge in [-0.15, -0.1) is 6.58 Å². The Hall–Kier alpha value is -0.520. The Balaban J connectivity index is 2.99. The second kappa shape index (κ2) is 14.5. The van der Waals surface area contributed by atoms with Gasteiger partial charge in [-0.05, 0) is 32.1 Å². The van der Waals surface area contributed by atoms with E-state index < -0.39 is 0 Å². The molecular formula is C16H30. The van der Waals surface area contributed by atoms with Gasteiger partial charge in [0, 0.05) is 0 Å². The lowest BCUT2D eigenvalue weighted by Gasteiger charge is -1.98. The highest BCUT2D eigenvalue weighted by Gasteiger charge is 1.89. The molecule has 0 aromatic rings. The molecule has 0 aliphatic rings. The Morgan fingerprint density at radius 1 is 0.688 bits per heavy atom. The predicted octanol–water partition coefficient (Wildman–Crippen LogP) is 6.04. The average molecular weight is 222 g/mol. The zero-order valence-corrected chi connectivity index (χ0v) is 11.2. The summed E-state index contributed by atoms with van der Waals surface area (Å²) in [5, 5.41) is 0. The van der Waals surface area contributed by atoms with E-state index in [1.165, 1.54) is 64.2 Å². The van der Waals surface area contributed by atoms with E-state index in [-0.39, 0.29) is 0 Å². The topological polar surface area (TPSA) is 0 Å². The third-order valence-corrected chi connectivity index (χ3v) is 2.92. The van der Waals surface area contributed by atoms with Gasteiger partial charge in [0.15, 0.2) is 0 Å². The molecular weight excluding hydrogens is 192 g/mol. The quantitative estimate of drug-likeness (QED) is 0.279. The van der Waals surface area contributed by atoms with Gasteiger partial charge in [-0.25, -0.2) is 0 Å². The molecule has 0 aromatic heterocycles. The monoisotopic (exact) mass is 222 g/mol. The first-order chi connectivity index (χ1) is 7.91. The number of allylic oxidation sites excluding steroid dienone is 3. The molecule has 0 saturated heterocycles. The van der Waals surface area contributed by atoms with E-state index in [1.54, 1.807) is 0 Å². The molecule has 0 aliphatic heterocycles. The van der Waals surface area contributed by atoms with Gasteiger partial charge in [0.05, 0.1) is 0 Å². The SMILES string of the molecule is C=CCCCC=CCCCCCCCCC. The fourth-order valence-electron chi connectivity index (χ4n) is 1.84. The van der Waals surface area contributed by atoms with Crippen LogP contribution in [0.15, 0.2) is 24.8 Å². The van der Waals surface area contributed by atoms with Gasteiger partial charge in [0.25, 0.3) is 0 Å². The number of hydrogen-bond acceptors (Lipinski definition) is 0. The third kappa shape index (κ3) is 13.5. The van der Waals surface area contributed by atoms with Crippen LogP contribution in [0.2, 0.25) is 0 Å². The van der Waals surface area contributed by atoms with Crippen LogP contribution in [-0.4, -0.2) is 0 Å². The molecule has 0 aromatic carbocycles. The third-order valence-electron chi connectivity index (χ3n) is 2.92. The van der Waals surface area contributed by atoms with Crippen LogP contribution < -0.4 is 0 Å². The maximum absolute atomic E-state index is 3.73. The Labute approximate surface area is 103 Å². The summed E-state index contributed by atoms with van der Waals surface area (Å²) in [6, 6.07) is 0. The van der Waals surface area contributed by atoms with E-state index in [0.717, 1.165) is 6.42 Å². The fraction of sp³-hybridized carbons (Fsp3) is 0.750. The van der Waals surface area contributed by atoms with Gasteiger partial charge in [-0.3, -0.25) is 0 Å². The van der Waals surface area contributed by atoms with E-state index in [2.05, 4.69) is 25.7 Å². The van der Waals surface area contributed by atoms with Crippen molar-refractivity contribution in [3.63, 3.8) is 0 Å². The summed E-state index contributed by atoms with van der Waals surface area (Å²) >= 11 is 0. The molecule has 0 heteroatoms. The summed E-state index contributed by atoms with van der Waals surface area (Å²) in [6.45, 7) is 6.00. The van der Waals surface area contributed by atoms with E-state index in [1.807, 2.05) is 6.08 Å². The second-order valence-electron chi connectivity index (χ2n) is 4.60. The number of unbranched alkanes of at least 4 members (excludes halogenated alkanes) is 9. The van der Waals surface area contributed by atoms with Crippen LogP contribution >= 0.6 is 0 Å². The van der Waals surface area contributed by atoms with Crippen molar-refractivity contribution in [2.75, 3.05) is 0 Å². The van der Waals surface area contributed by atoms with Crippen LogP contribution in [0.25, 0.3) is 0 Å². The molecule has 0 spiro atoms. The Morgan fingerprint density at radius 2 is 1.25 bits per heavy atom. The molecule has 0 bridgehead atoms. The van der Waals surface area contributed by atoms with E-state index in [9.17, 15) is 0 Å². The van der Waals surface area contributed by atoms with Gasteiger partial charge in [-0.2, -0.15) is 0 Å². The highest BCUT2D eigenvalue weighted by molar-refractivity contribution is 4.82. The molecule has 0 amide bonds. The highest BCUT2D eigenvalue weighted by Crippen LogP contribution is 2.08. The van der Waals surface area contributed by atoms with Gasteiger partial charge < -0.3 is 0 Å². The Morgan fingerprint density at radius 3 is 1.88 bits per heavy atom. The van der Waals surface area contributed by atoms with E-state index >= 15 is 0 Å². The highest BCUT2D eigenvalue weighted by atomic mass is 14.0. The molecule has 0 atom stereocenters. The minimum absolute atomic E-state index is 1.15. The van der Waals surface area contributed by atoms with Crippen molar-refractivity contribution < 1.29 is 0 Å². The summed E-state index contributed by atoms with van der Waals surface area (Å²) in [5.41, 5.74) is 0. The summed E-state index contributed by atoms with van der Waals surface area (Å²) in [5.74, 6) is 0. The molecule has 0 N–H and O–H groups in total. The lowest BCUT2D eigenvalue weighted by molar-refractivity contribution is 0.592. The molecule has 16 heavy (non-hydrogen) atoms. The average Bonchev–Trinajstić information content (AvgIpc) is 2.31. The summed E-state index contributed by atoms with van der Waals surface area (Å²) < 4.78 is 0. The molecule has 0 radical (unpaired) electrons. The second-order valence-corrected chi connectivity index (χ2v) is 4.60. The van der Waals surface area contributed by atoms with Crippen LogP contribution in [0.1, 0.15) is 77.6 Å². The molecule has 0 saturated carbocycles. The van der Waals surface area contributed by atoms with Crippen molar-refractivity contribution in [2.45, 2.75) is 77.6 Å². The van der Waals surface area contributed by atoms with Crippen molar-refractivity contribution in [1.82, 2.24) is 0 Å². The smallest absolute Gasteiger partial charge is 0.0348 e. The summed E-state index contributed by atoms with van der Waals surface area (Å²) in [4.78, 5) is 0. The minimum atomic E-state index is 1.15. The molecule has 0 heterocycles. The molecule has 0 aliphatic carbocycles. The van der Waals surface area contributed by atoms with Crippen LogP contribution in [0.5, 0.6) is 0 Å². The van der Waals surface area contributed by atoms with Crippen LogP contribution in [0, 0.1) is 0 Å². The minimum Gasteiger partial charge on any atom is -0.103 e. The molecule has 0 unspecified atom stereocenters. The van der Waals surface area contributed by atoms with Gasteiger partial charge in [0.1, 0.15) is 0 Å². The summed E-state index contributed by atoms with van der Waals surface area (Å²) in [7, 11) is 0. The van der Waals surface area contributed by atoms with Crippen molar-refractivity contribution >= 4 is 0 Å². The van der Waals surface area contributed by atoms with Crippen LogP contribution in [0.4, 0.5) is 0 Å². The maximum Gasteiger partial charge on any atom is -0.0348 e. The first-order valence-corrected chi connectivity index (χ1v) is 7.17. The fourth-order valence-corrected chi connectivity index (χ4v) is 1.84. The van der Waals surface area contributed by atoms with Crippen molar-refractivity contribution in [2.24, 2.45) is 0 Å². The Bertz CT molecular complexity index is 155. The van der Waals surface area contributed by atoms with E-state index in [4.69, 9.17) is 0 Å². The first kappa shape index (κ1) is 15.5. The lowest BCUT2D eigenvalue weighted by Crippen LogP contribution is -1.79. The van der Waals surface area contributed by atoms with E-state index in [0.29, 0.717) is 0 Å². The van der Waals surface area contributed by atoms with Crippen molar-refractivity contribution in [1.29, 1.82) is 0 Å². The molecule has 94 valence electrons. The Kier molecular flexibility index (Phi) is 14.0. The normalized spacial score (nSPS) is 11.1. The number of rotatable bonds is 12. The van der Waals surface area contributed by atoms with Crippen molar-refractivity contribution in [3.05, 3.63) is 24.8 Å². The molecule has 0 rings (SSSR count). The van der Waals surface area contributed by atoms with Gasteiger partial charge in [-0.1, -0.05) is 63.7 Å². The molecule has 0 fully saturated rings. The van der Waals surface area contributed by atoms with Gasteiger partial charge >= 0.3 is 0 Å². The van der Waals surface area contributed by atoms with Gasteiger partial charge in [0.2, 0.25) is 0 Å².